The molecule has 2 aromatic rings. The molecule has 1 aliphatic rings. The second kappa shape index (κ2) is 8.82. The average Bonchev–Trinajstić information content (AvgIpc) is 3.16. The van der Waals surface area contributed by atoms with Gasteiger partial charge in [-0.15, -0.1) is 0 Å². The molecule has 1 heterocycles. The third kappa shape index (κ3) is 4.51. The monoisotopic (exact) mass is 527 g/mol. The molecule has 0 saturated carbocycles. The van der Waals surface area contributed by atoms with E-state index in [0.29, 0.717) is 34.2 Å². The second-order valence-electron chi connectivity index (χ2n) is 6.47. The molecule has 0 radical (unpaired) electrons. The summed E-state index contributed by atoms with van der Waals surface area (Å²) in [5, 5.41) is 9.20. The van der Waals surface area contributed by atoms with Crippen molar-refractivity contribution in [3.8, 4) is 11.9 Å². The van der Waals surface area contributed by atoms with Crippen molar-refractivity contribution in [2.24, 2.45) is 0 Å². The number of hydrogen-bond acceptors (Lipinski definition) is 5. The topological polar surface area (TPSA) is 73.6 Å². The fourth-order valence-corrected chi connectivity index (χ4v) is 6.33. The molecule has 0 N–H and O–H groups in total. The van der Waals surface area contributed by atoms with Crippen molar-refractivity contribution in [3.05, 3.63) is 57.0 Å². The van der Waals surface area contributed by atoms with Gasteiger partial charge in [0.25, 0.3) is 0 Å². The maximum Gasteiger partial charge on any atom is 0.244 e. The molecule has 1 aliphatic heterocycles. The van der Waals surface area contributed by atoms with E-state index in [0.717, 1.165) is 5.56 Å². The number of nitrogens with zero attached hydrogens (tertiary/aromatic N) is 3. The molecule has 3 rings (SSSR count). The third-order valence-electron chi connectivity index (χ3n) is 4.66. The molecule has 28 heavy (non-hydrogen) atoms. The van der Waals surface area contributed by atoms with Crippen LogP contribution in [-0.4, -0.2) is 43.9 Å². The lowest BCUT2D eigenvalue weighted by Crippen LogP contribution is -2.41. The van der Waals surface area contributed by atoms with Gasteiger partial charge < -0.3 is 9.64 Å². The first-order valence-corrected chi connectivity index (χ1v) is 11.6. The zero-order valence-electron chi connectivity index (χ0n) is 15.2. The van der Waals surface area contributed by atoms with E-state index in [1.54, 1.807) is 30.2 Å². The summed E-state index contributed by atoms with van der Waals surface area (Å²) in [6, 6.07) is 12.1. The number of halogens is 2. The minimum absolute atomic E-state index is 0.195. The van der Waals surface area contributed by atoms with Crippen LogP contribution in [0.2, 0.25) is 0 Å². The maximum absolute atomic E-state index is 13.6. The highest BCUT2D eigenvalue weighted by atomic mass is 79.9. The lowest BCUT2D eigenvalue weighted by Gasteiger charge is -2.28. The van der Waals surface area contributed by atoms with Crippen LogP contribution in [0.3, 0.4) is 0 Å². The van der Waals surface area contributed by atoms with Crippen LogP contribution in [0.25, 0.3) is 0 Å². The van der Waals surface area contributed by atoms with Gasteiger partial charge in [0.15, 0.2) is 6.19 Å². The summed E-state index contributed by atoms with van der Waals surface area (Å²) in [5.41, 5.74) is 0.824. The minimum atomic E-state index is -3.81. The first-order valence-electron chi connectivity index (χ1n) is 8.59. The normalized spacial score (nSPS) is 17.0. The summed E-state index contributed by atoms with van der Waals surface area (Å²) >= 11 is 6.72. The van der Waals surface area contributed by atoms with Crippen LogP contribution in [0.4, 0.5) is 0 Å². The number of benzene rings is 2. The Bertz CT molecular complexity index is 1010. The van der Waals surface area contributed by atoms with E-state index in [2.05, 4.69) is 38.1 Å². The third-order valence-corrected chi connectivity index (χ3v) is 8.05. The zero-order valence-corrected chi connectivity index (χ0v) is 19.2. The fraction of sp³-hybridized carbons (Fsp3) is 0.316. The summed E-state index contributed by atoms with van der Waals surface area (Å²) in [6.07, 6.45) is 2.72. The molecule has 0 amide bonds. The van der Waals surface area contributed by atoms with Crippen molar-refractivity contribution >= 4 is 41.9 Å². The zero-order chi connectivity index (χ0) is 20.3. The Balaban J connectivity index is 2.02. The van der Waals surface area contributed by atoms with Crippen molar-refractivity contribution in [2.75, 3.05) is 20.2 Å². The lowest BCUT2D eigenvalue weighted by atomic mass is 10.2. The Morgan fingerprint density at radius 1 is 1.29 bits per heavy atom. The van der Waals surface area contributed by atoms with Crippen molar-refractivity contribution in [1.82, 2.24) is 9.21 Å². The van der Waals surface area contributed by atoms with Gasteiger partial charge in [-0.05, 0) is 58.2 Å². The molecule has 1 saturated heterocycles. The van der Waals surface area contributed by atoms with Crippen molar-refractivity contribution in [3.63, 3.8) is 0 Å². The fourth-order valence-electron chi connectivity index (χ4n) is 3.23. The van der Waals surface area contributed by atoms with Gasteiger partial charge in [0.05, 0.1) is 12.0 Å². The molecule has 2 aromatic carbocycles. The quantitative estimate of drug-likeness (QED) is 0.530. The molecular weight excluding hydrogens is 510 g/mol. The SMILES string of the molecule is COc1cccc(CN(C2CCN(C#N)C2)S(=O)(=O)c2cc(Br)ccc2Br)c1. The van der Waals surface area contributed by atoms with Crippen LogP contribution < -0.4 is 4.74 Å². The summed E-state index contributed by atoms with van der Waals surface area (Å²) in [7, 11) is -2.23. The number of rotatable bonds is 6. The molecule has 0 aromatic heterocycles. The Labute approximate surface area is 182 Å². The largest absolute Gasteiger partial charge is 0.497 e. The molecule has 148 valence electrons. The Morgan fingerprint density at radius 2 is 2.07 bits per heavy atom. The van der Waals surface area contributed by atoms with Gasteiger partial charge in [-0.25, -0.2) is 8.42 Å². The number of hydrogen-bond donors (Lipinski definition) is 0. The van der Waals surface area contributed by atoms with Crippen molar-refractivity contribution in [2.45, 2.75) is 23.9 Å². The molecule has 0 spiro atoms. The van der Waals surface area contributed by atoms with Crippen LogP contribution in [0.15, 0.2) is 56.3 Å². The standard InChI is InChI=1S/C19H19Br2N3O3S/c1-27-17-4-2-3-14(9-17)11-24(16-7-8-23(12-16)13-22)28(25,26)19-10-15(20)5-6-18(19)21/h2-6,9-10,16H,7-8,11-12H2,1H3. The lowest BCUT2D eigenvalue weighted by molar-refractivity contribution is 0.313. The molecule has 1 fully saturated rings. The molecule has 1 unspecified atom stereocenters. The second-order valence-corrected chi connectivity index (χ2v) is 10.1. The van der Waals surface area contributed by atoms with E-state index in [-0.39, 0.29) is 17.5 Å². The predicted molar refractivity (Wildman–Crippen MR) is 113 cm³/mol. The van der Waals surface area contributed by atoms with E-state index in [1.807, 2.05) is 24.3 Å². The van der Waals surface area contributed by atoms with Crippen molar-refractivity contribution in [1.29, 1.82) is 5.26 Å². The highest BCUT2D eigenvalue weighted by Gasteiger charge is 2.37. The van der Waals surface area contributed by atoms with Crippen molar-refractivity contribution < 1.29 is 13.2 Å². The number of ether oxygens (including phenoxy) is 1. The van der Waals surface area contributed by atoms with Gasteiger partial charge in [-0.1, -0.05) is 28.1 Å². The van der Waals surface area contributed by atoms with Crippen LogP contribution >= 0.6 is 31.9 Å². The Kier molecular flexibility index (Phi) is 6.65. The van der Waals surface area contributed by atoms with Gasteiger partial charge in [0.1, 0.15) is 5.75 Å². The van der Waals surface area contributed by atoms with E-state index in [9.17, 15) is 13.7 Å². The summed E-state index contributed by atoms with van der Waals surface area (Å²) in [4.78, 5) is 1.79. The number of likely N-dealkylation sites (tertiary alicyclic amines) is 1. The smallest absolute Gasteiger partial charge is 0.244 e. The minimum Gasteiger partial charge on any atom is -0.497 e. The Hall–Kier alpha value is -1.60. The first kappa shape index (κ1) is 21.1. The molecule has 6 nitrogen and oxygen atoms in total. The number of methoxy groups -OCH3 is 1. The van der Waals surface area contributed by atoms with Gasteiger partial charge in [0.2, 0.25) is 10.0 Å². The van der Waals surface area contributed by atoms with Crippen LogP contribution in [0.5, 0.6) is 5.75 Å². The average molecular weight is 529 g/mol. The van der Waals surface area contributed by atoms with Gasteiger partial charge in [-0.2, -0.15) is 9.57 Å². The summed E-state index contributed by atoms with van der Waals surface area (Å²) in [6.45, 7) is 1.12. The highest BCUT2D eigenvalue weighted by molar-refractivity contribution is 9.11. The van der Waals surface area contributed by atoms with E-state index in [1.165, 1.54) is 4.31 Å². The van der Waals surface area contributed by atoms with Gasteiger partial charge >= 0.3 is 0 Å². The Morgan fingerprint density at radius 3 is 2.75 bits per heavy atom. The highest BCUT2D eigenvalue weighted by Crippen LogP contribution is 2.32. The van der Waals surface area contributed by atoms with E-state index >= 15 is 0 Å². The molecule has 1 atom stereocenters. The van der Waals surface area contributed by atoms with Gasteiger partial charge in [-0.3, -0.25) is 0 Å². The molecule has 0 bridgehead atoms. The summed E-state index contributed by atoms with van der Waals surface area (Å²) in [5.74, 6) is 0.670. The maximum atomic E-state index is 13.6. The van der Waals surface area contributed by atoms with E-state index < -0.39 is 10.0 Å². The van der Waals surface area contributed by atoms with E-state index in [4.69, 9.17) is 4.74 Å². The van der Waals surface area contributed by atoms with Crippen LogP contribution in [0, 0.1) is 11.5 Å². The summed E-state index contributed by atoms with van der Waals surface area (Å²) < 4.78 is 35.1. The molecular formula is C19H19Br2N3O3S. The van der Waals surface area contributed by atoms with Crippen LogP contribution in [-0.2, 0) is 16.6 Å². The molecule has 9 heteroatoms. The predicted octanol–water partition coefficient (Wildman–Crippen LogP) is 3.97. The molecule has 0 aliphatic carbocycles. The van der Waals surface area contributed by atoms with Gasteiger partial charge in [0, 0.05) is 34.6 Å². The first-order chi connectivity index (χ1) is 13.3. The number of sulfonamides is 1. The van der Waals surface area contributed by atoms with Crippen LogP contribution in [0.1, 0.15) is 12.0 Å². The number of nitriles is 1.